The predicted molar refractivity (Wildman–Crippen MR) is 289 cm³/mol. The molecule has 2 aliphatic rings. The number of hydrogen-bond acceptors (Lipinski definition) is 13. The summed E-state index contributed by atoms with van der Waals surface area (Å²) in [6.07, 6.45) is 8.01. The van der Waals surface area contributed by atoms with Gasteiger partial charge < -0.3 is 34.3 Å². The van der Waals surface area contributed by atoms with Crippen LogP contribution >= 0.6 is 23.1 Å². The number of unbranched alkanes of at least 4 members (excludes halogenated alkanes) is 5. The minimum absolute atomic E-state index is 0.0266. The molecule has 4 aromatic rings. The fourth-order valence-corrected chi connectivity index (χ4v) is 10.5. The molecule has 74 heavy (non-hydrogen) atoms. The van der Waals surface area contributed by atoms with Crippen molar-refractivity contribution >= 4 is 63.6 Å². The van der Waals surface area contributed by atoms with Crippen LogP contribution in [0.2, 0.25) is 0 Å². The Morgan fingerprint density at radius 1 is 0.892 bits per heavy atom. The second-order valence-electron chi connectivity index (χ2n) is 19.9. The maximum absolute atomic E-state index is 14.1. The zero-order chi connectivity index (χ0) is 53.2. The second-order valence-corrected chi connectivity index (χ2v) is 21.8. The van der Waals surface area contributed by atoms with E-state index in [-0.39, 0.29) is 48.1 Å². The van der Waals surface area contributed by atoms with Crippen LogP contribution in [-0.4, -0.2) is 107 Å². The first-order valence-corrected chi connectivity index (χ1v) is 27.3. The number of aryl methyl sites for hydroxylation is 2. The van der Waals surface area contributed by atoms with Gasteiger partial charge in [-0.25, -0.2) is 9.83 Å². The van der Waals surface area contributed by atoms with Gasteiger partial charge >= 0.3 is 0 Å². The monoisotopic (exact) mass is 1050 g/mol. The van der Waals surface area contributed by atoms with Crippen molar-refractivity contribution in [3.63, 3.8) is 0 Å². The van der Waals surface area contributed by atoms with E-state index >= 15 is 0 Å². The molecule has 0 spiro atoms. The van der Waals surface area contributed by atoms with Crippen molar-refractivity contribution in [2.45, 2.75) is 124 Å². The minimum atomic E-state index is -0.817. The molecule has 6 rings (SSSR count). The van der Waals surface area contributed by atoms with Crippen LogP contribution in [0.5, 0.6) is 17.2 Å². The van der Waals surface area contributed by atoms with Crippen molar-refractivity contribution in [1.29, 1.82) is 0 Å². The molecule has 17 heteroatoms. The van der Waals surface area contributed by atoms with Crippen LogP contribution in [0.3, 0.4) is 0 Å². The SMILES string of the molecule is [C-]#[N+]c1ccc(Oc2ccc(/C=C3\SC(=O)N(CCCCOCCCCOCCCCCCC(=O)C[C@H](C(=O)N4C[C@H](O)C[C@H]4C(=O)NCc4ccc(-c5scnc5C)cc4)C(C)(C)C)C3=O)cc2OC)c(C)c1. The first kappa shape index (κ1) is 57.4. The van der Waals surface area contributed by atoms with Crippen molar-refractivity contribution < 1.29 is 48.0 Å². The van der Waals surface area contributed by atoms with Gasteiger partial charge in [0.2, 0.25) is 11.8 Å². The second kappa shape index (κ2) is 28.1. The van der Waals surface area contributed by atoms with E-state index in [2.05, 4.69) is 15.1 Å². The lowest BCUT2D eigenvalue weighted by molar-refractivity contribution is -0.146. The number of amides is 4. The number of ketones is 1. The maximum atomic E-state index is 14.1. The molecule has 0 radical (unpaired) electrons. The molecule has 1 aromatic heterocycles. The lowest BCUT2D eigenvalue weighted by Gasteiger charge is -2.34. The molecular weight excluding hydrogens is 979 g/mol. The first-order chi connectivity index (χ1) is 35.6. The molecule has 3 atom stereocenters. The van der Waals surface area contributed by atoms with Crippen molar-refractivity contribution in [2.75, 3.05) is 46.6 Å². The number of Topliss-reactive ketones (excluding diaryl/α,β-unsaturated/α-hetero) is 1. The molecule has 2 aliphatic heterocycles. The molecule has 15 nitrogen and oxygen atoms in total. The van der Waals surface area contributed by atoms with Gasteiger partial charge in [0.25, 0.3) is 11.1 Å². The zero-order valence-electron chi connectivity index (χ0n) is 43.6. The smallest absolute Gasteiger partial charge is 0.293 e. The van der Waals surface area contributed by atoms with Gasteiger partial charge in [-0.05, 0) is 122 Å². The van der Waals surface area contributed by atoms with Gasteiger partial charge in [-0.3, -0.25) is 28.9 Å². The van der Waals surface area contributed by atoms with Crippen LogP contribution in [0.15, 0.2) is 71.1 Å². The number of carbonyl (C=O) groups excluding carboxylic acids is 5. The number of β-amino-alcohol motifs (C(OH)–C–C–N with tert-alkyl or cyclic N) is 1. The number of aromatic nitrogens is 1. The number of rotatable bonds is 28. The number of aliphatic hydroxyl groups is 1. The highest BCUT2D eigenvalue weighted by Gasteiger charge is 2.44. The third-order valence-electron chi connectivity index (χ3n) is 13.2. The Kier molecular flexibility index (Phi) is 21.8. The van der Waals surface area contributed by atoms with Gasteiger partial charge in [-0.1, -0.05) is 70.0 Å². The fourth-order valence-electron chi connectivity index (χ4n) is 8.86. The first-order valence-electron chi connectivity index (χ1n) is 25.6. The van der Waals surface area contributed by atoms with Gasteiger partial charge in [0.1, 0.15) is 17.6 Å². The van der Waals surface area contributed by atoms with Crippen LogP contribution in [0.25, 0.3) is 21.4 Å². The van der Waals surface area contributed by atoms with Gasteiger partial charge in [0.05, 0.1) is 40.8 Å². The van der Waals surface area contributed by atoms with Crippen LogP contribution < -0.4 is 14.8 Å². The standard InChI is InChI=1S/C57H71N5O10S2/c1-38-30-43(58-6)22-24-48(38)72-49-23-19-41(31-50(49)69-7)32-51-55(67)61(56(68)74-51)25-11-13-27-71-29-15-14-28-70-26-12-9-8-10-16-44(63)33-46(57(3,4)5)54(66)62-36-45(64)34-47(62)53(65)59-35-40-17-20-42(21-18-40)52-39(2)60-37-73-52/h17-24,30-32,37,45-47,64H,8-16,25-29,33-36H2,1-5,7H3,(H,59,65)/b51-32-/t45-,46-,47+/m1/s1. The van der Waals surface area contributed by atoms with Crippen molar-refractivity contribution in [3.8, 4) is 27.7 Å². The lowest BCUT2D eigenvalue weighted by atomic mass is 9.76. The molecule has 0 saturated carbocycles. The normalized spacial score (nSPS) is 16.7. The molecule has 2 saturated heterocycles. The van der Waals surface area contributed by atoms with Crippen molar-refractivity contribution in [3.05, 3.63) is 105 Å². The number of methoxy groups -OCH3 is 1. The molecular formula is C57H71N5O10S2. The molecule has 2 N–H and O–H groups in total. The van der Waals surface area contributed by atoms with E-state index in [4.69, 9.17) is 25.5 Å². The van der Waals surface area contributed by atoms with Crippen molar-refractivity contribution in [2.24, 2.45) is 11.3 Å². The van der Waals surface area contributed by atoms with E-state index in [1.807, 2.05) is 64.4 Å². The Bertz CT molecular complexity index is 2640. The number of aliphatic hydroxyl groups excluding tert-OH is 1. The number of hydrogen-bond donors (Lipinski definition) is 2. The number of thiazole rings is 1. The molecule has 3 aromatic carbocycles. The molecule has 0 bridgehead atoms. The van der Waals surface area contributed by atoms with E-state index in [0.29, 0.717) is 92.2 Å². The summed E-state index contributed by atoms with van der Waals surface area (Å²) in [7, 11) is 1.53. The zero-order valence-corrected chi connectivity index (χ0v) is 45.2. The highest BCUT2D eigenvalue weighted by Crippen LogP contribution is 2.38. The number of thioether (sulfide) groups is 1. The summed E-state index contributed by atoms with van der Waals surface area (Å²) in [6.45, 7) is 20.0. The molecule has 3 heterocycles. The molecule has 2 fully saturated rings. The number of likely N-dealkylation sites (tertiary alicyclic amines) is 1. The van der Waals surface area contributed by atoms with Gasteiger partial charge in [-0.15, -0.1) is 11.3 Å². The summed E-state index contributed by atoms with van der Waals surface area (Å²) in [5.74, 6) is 0.0542. The number of nitrogens with one attached hydrogen (secondary N) is 1. The summed E-state index contributed by atoms with van der Waals surface area (Å²) < 4.78 is 23.2. The fraction of sp³-hybridized carbons (Fsp3) is 0.491. The Balaban J connectivity index is 0.786. The topological polar surface area (TPSA) is 178 Å². The Morgan fingerprint density at radius 3 is 2.22 bits per heavy atom. The van der Waals surface area contributed by atoms with Crippen LogP contribution in [0.4, 0.5) is 10.5 Å². The third-order valence-corrected chi connectivity index (χ3v) is 15.1. The van der Waals surface area contributed by atoms with E-state index < -0.39 is 23.5 Å². The largest absolute Gasteiger partial charge is 0.493 e. The van der Waals surface area contributed by atoms with E-state index in [0.717, 1.165) is 77.5 Å². The van der Waals surface area contributed by atoms with Crippen molar-refractivity contribution in [1.82, 2.24) is 20.1 Å². The molecule has 0 aliphatic carbocycles. The van der Waals surface area contributed by atoms with Gasteiger partial charge in [0.15, 0.2) is 17.2 Å². The van der Waals surface area contributed by atoms with Crippen LogP contribution in [-0.2, 0) is 35.2 Å². The van der Waals surface area contributed by atoms with Gasteiger partial charge in [-0.2, -0.15) is 0 Å². The third kappa shape index (κ3) is 16.6. The summed E-state index contributed by atoms with van der Waals surface area (Å²) in [5, 5.41) is 13.3. The number of benzene rings is 3. The van der Waals surface area contributed by atoms with E-state index in [1.165, 1.54) is 16.9 Å². The maximum Gasteiger partial charge on any atom is 0.293 e. The van der Waals surface area contributed by atoms with E-state index in [9.17, 15) is 29.1 Å². The Hall–Kier alpha value is -5.90. The summed E-state index contributed by atoms with van der Waals surface area (Å²) in [5.41, 5.74) is 6.29. The number of imide groups is 1. The molecule has 0 unspecified atom stereocenters. The summed E-state index contributed by atoms with van der Waals surface area (Å²) in [4.78, 5) is 78.6. The van der Waals surface area contributed by atoms with Crippen LogP contribution in [0.1, 0.15) is 114 Å². The molecule has 4 amide bonds. The predicted octanol–water partition coefficient (Wildman–Crippen LogP) is 11.3. The number of ether oxygens (including phenoxy) is 4. The van der Waals surface area contributed by atoms with Gasteiger partial charge in [0, 0.05) is 71.2 Å². The Morgan fingerprint density at radius 2 is 1.57 bits per heavy atom. The lowest BCUT2D eigenvalue weighted by Crippen LogP contribution is -2.50. The number of carbonyl (C=O) groups is 5. The quantitative estimate of drug-likeness (QED) is 0.0313. The van der Waals surface area contributed by atoms with Crippen LogP contribution in [0, 0.1) is 31.8 Å². The highest BCUT2D eigenvalue weighted by atomic mass is 32.2. The highest BCUT2D eigenvalue weighted by molar-refractivity contribution is 8.18. The average molecular weight is 1050 g/mol. The minimum Gasteiger partial charge on any atom is -0.493 e. The Labute approximate surface area is 444 Å². The summed E-state index contributed by atoms with van der Waals surface area (Å²) in [6, 6.07) is 17.6. The number of nitrogens with zero attached hydrogens (tertiary/aromatic N) is 4. The average Bonchev–Trinajstić information content (AvgIpc) is 4.07. The molecule has 396 valence electrons. The van der Waals surface area contributed by atoms with E-state index in [1.54, 1.807) is 53.8 Å². The summed E-state index contributed by atoms with van der Waals surface area (Å²) >= 11 is 2.50.